The molecule has 24 heavy (non-hydrogen) atoms. The van der Waals surface area contributed by atoms with E-state index in [2.05, 4.69) is 15.9 Å². The van der Waals surface area contributed by atoms with Gasteiger partial charge in [-0.25, -0.2) is 14.2 Å². The van der Waals surface area contributed by atoms with Crippen molar-refractivity contribution < 1.29 is 19.1 Å². The van der Waals surface area contributed by atoms with Crippen LogP contribution in [0.4, 0.5) is 4.79 Å². The predicted molar refractivity (Wildman–Crippen MR) is 93.0 cm³/mol. The van der Waals surface area contributed by atoms with Crippen molar-refractivity contribution in [1.82, 2.24) is 4.57 Å². The molecule has 0 fully saturated rings. The van der Waals surface area contributed by atoms with E-state index in [1.165, 1.54) is 11.7 Å². The minimum Gasteiger partial charge on any atom is -0.464 e. The molecule has 0 saturated carbocycles. The van der Waals surface area contributed by atoms with Gasteiger partial charge in [-0.3, -0.25) is 0 Å². The molecule has 6 heteroatoms. The summed E-state index contributed by atoms with van der Waals surface area (Å²) in [6, 6.07) is 16.3. The summed E-state index contributed by atoms with van der Waals surface area (Å²) in [5, 5.41) is 0.731. The Morgan fingerprint density at radius 2 is 1.83 bits per heavy atom. The Bertz CT molecular complexity index is 902. The summed E-state index contributed by atoms with van der Waals surface area (Å²) < 4.78 is 12.1. The zero-order chi connectivity index (χ0) is 17.1. The Kier molecular flexibility index (Phi) is 4.66. The van der Waals surface area contributed by atoms with Crippen molar-refractivity contribution >= 4 is 38.9 Å². The van der Waals surface area contributed by atoms with Crippen molar-refractivity contribution in [1.29, 1.82) is 0 Å². The molecule has 0 amide bonds. The summed E-state index contributed by atoms with van der Waals surface area (Å²) in [5.41, 5.74) is 1.56. The zero-order valence-electron chi connectivity index (χ0n) is 12.9. The molecule has 3 aromatic rings. The minimum atomic E-state index is -0.632. The molecule has 0 saturated heterocycles. The molecule has 0 atom stereocenters. The van der Waals surface area contributed by atoms with Crippen LogP contribution in [-0.2, 0) is 16.1 Å². The fraction of sp³-hybridized carbons (Fsp3) is 0.111. The van der Waals surface area contributed by atoms with Crippen LogP contribution in [0, 0.1) is 0 Å². The number of fused-ring (bicyclic) bond motifs is 1. The smallest absolute Gasteiger partial charge is 0.419 e. The summed E-state index contributed by atoms with van der Waals surface area (Å²) in [6.45, 7) is 0.119. The van der Waals surface area contributed by atoms with Gasteiger partial charge in [0, 0.05) is 9.86 Å². The third-order valence-corrected chi connectivity index (χ3v) is 4.27. The van der Waals surface area contributed by atoms with Crippen LogP contribution in [0.1, 0.15) is 16.1 Å². The van der Waals surface area contributed by atoms with E-state index in [0.29, 0.717) is 5.52 Å². The fourth-order valence-electron chi connectivity index (χ4n) is 2.43. The highest BCUT2D eigenvalue weighted by atomic mass is 79.9. The molecule has 0 aliphatic rings. The first-order valence-corrected chi connectivity index (χ1v) is 8.00. The third-order valence-electron chi connectivity index (χ3n) is 3.58. The number of aromatic nitrogens is 1. The molecule has 5 nitrogen and oxygen atoms in total. The van der Waals surface area contributed by atoms with Crippen LogP contribution in [0.25, 0.3) is 10.9 Å². The largest absolute Gasteiger partial charge is 0.464 e. The zero-order valence-corrected chi connectivity index (χ0v) is 14.4. The first-order chi connectivity index (χ1) is 11.6. The Morgan fingerprint density at radius 3 is 2.54 bits per heavy atom. The summed E-state index contributed by atoms with van der Waals surface area (Å²) in [5.74, 6) is -0.602. The molecule has 0 radical (unpaired) electrons. The summed E-state index contributed by atoms with van der Waals surface area (Å²) in [4.78, 5) is 24.6. The maximum atomic E-state index is 12.6. The minimum absolute atomic E-state index is 0.119. The lowest BCUT2D eigenvalue weighted by Gasteiger charge is -2.09. The number of methoxy groups -OCH3 is 1. The molecule has 3 rings (SSSR count). The van der Waals surface area contributed by atoms with Crippen molar-refractivity contribution in [2.24, 2.45) is 0 Å². The van der Waals surface area contributed by atoms with E-state index in [-0.39, 0.29) is 12.3 Å². The Labute approximate surface area is 146 Å². The number of carbonyl (C=O) groups excluding carboxylic acids is 2. The van der Waals surface area contributed by atoms with Crippen LogP contribution in [0.15, 0.2) is 59.1 Å². The molecule has 1 aromatic heterocycles. The molecular formula is C18H14BrNO4. The van der Waals surface area contributed by atoms with Crippen LogP contribution in [0.3, 0.4) is 0 Å². The van der Waals surface area contributed by atoms with Gasteiger partial charge in [-0.05, 0) is 23.8 Å². The molecule has 0 N–H and O–H groups in total. The lowest BCUT2D eigenvalue weighted by molar-refractivity contribution is 0.0585. The van der Waals surface area contributed by atoms with Crippen LogP contribution < -0.4 is 0 Å². The van der Waals surface area contributed by atoms with E-state index in [1.54, 1.807) is 18.2 Å². The number of benzene rings is 2. The number of carbonyl (C=O) groups is 2. The Morgan fingerprint density at radius 1 is 1.08 bits per heavy atom. The summed E-state index contributed by atoms with van der Waals surface area (Å²) in [7, 11) is 1.27. The molecule has 0 unspecified atom stereocenters. The molecular weight excluding hydrogens is 374 g/mol. The van der Waals surface area contributed by atoms with Crippen LogP contribution in [-0.4, -0.2) is 23.7 Å². The highest BCUT2D eigenvalue weighted by molar-refractivity contribution is 9.10. The monoisotopic (exact) mass is 387 g/mol. The predicted octanol–water partition coefficient (Wildman–Crippen LogP) is 4.38. The second-order valence-electron chi connectivity index (χ2n) is 5.07. The van der Waals surface area contributed by atoms with Gasteiger partial charge in [-0.15, -0.1) is 0 Å². The summed E-state index contributed by atoms with van der Waals surface area (Å²) >= 11 is 3.42. The van der Waals surface area contributed by atoms with Gasteiger partial charge in [-0.2, -0.15) is 0 Å². The average Bonchev–Trinajstić information content (AvgIpc) is 3.01. The van der Waals surface area contributed by atoms with Gasteiger partial charge in [0.25, 0.3) is 0 Å². The molecule has 1 heterocycles. The van der Waals surface area contributed by atoms with E-state index >= 15 is 0 Å². The topological polar surface area (TPSA) is 57.5 Å². The SMILES string of the molecule is COC(=O)c1cc2c(Br)cccc2n1C(=O)OCc1ccccc1. The van der Waals surface area contributed by atoms with Crippen molar-refractivity contribution in [3.8, 4) is 0 Å². The molecule has 0 spiro atoms. The molecule has 2 aromatic carbocycles. The maximum Gasteiger partial charge on any atom is 0.419 e. The number of hydrogen-bond donors (Lipinski definition) is 0. The number of esters is 1. The van der Waals surface area contributed by atoms with E-state index in [1.807, 2.05) is 36.4 Å². The van der Waals surface area contributed by atoms with Gasteiger partial charge in [-0.1, -0.05) is 52.3 Å². The number of hydrogen-bond acceptors (Lipinski definition) is 4. The first-order valence-electron chi connectivity index (χ1n) is 7.21. The molecule has 122 valence electrons. The molecule has 0 aliphatic heterocycles. The standard InChI is InChI=1S/C18H14BrNO4/c1-23-17(21)16-10-13-14(19)8-5-9-15(13)20(16)18(22)24-11-12-6-3-2-4-7-12/h2-10H,11H2,1H3. The van der Waals surface area contributed by atoms with Gasteiger partial charge in [0.05, 0.1) is 12.6 Å². The first kappa shape index (κ1) is 16.3. The van der Waals surface area contributed by atoms with Crippen molar-refractivity contribution in [3.05, 3.63) is 70.3 Å². The van der Waals surface area contributed by atoms with E-state index in [0.717, 1.165) is 15.4 Å². The van der Waals surface area contributed by atoms with Crippen LogP contribution >= 0.6 is 15.9 Å². The van der Waals surface area contributed by atoms with Crippen molar-refractivity contribution in [2.75, 3.05) is 7.11 Å². The van der Waals surface area contributed by atoms with Gasteiger partial charge >= 0.3 is 12.1 Å². The molecule has 0 aliphatic carbocycles. The maximum absolute atomic E-state index is 12.6. The van der Waals surface area contributed by atoms with Crippen molar-refractivity contribution in [3.63, 3.8) is 0 Å². The summed E-state index contributed by atoms with van der Waals surface area (Å²) in [6.07, 6.45) is -0.632. The number of nitrogens with zero attached hydrogens (tertiary/aromatic N) is 1. The second-order valence-corrected chi connectivity index (χ2v) is 5.92. The highest BCUT2D eigenvalue weighted by Crippen LogP contribution is 2.28. The average molecular weight is 388 g/mol. The number of halogens is 1. The van der Waals surface area contributed by atoms with E-state index < -0.39 is 12.1 Å². The van der Waals surface area contributed by atoms with Crippen LogP contribution in [0.5, 0.6) is 0 Å². The Balaban J connectivity index is 1.98. The highest BCUT2D eigenvalue weighted by Gasteiger charge is 2.22. The van der Waals surface area contributed by atoms with Gasteiger partial charge in [0.15, 0.2) is 0 Å². The number of rotatable bonds is 3. The number of ether oxygens (including phenoxy) is 2. The van der Waals surface area contributed by atoms with Gasteiger partial charge in [0.1, 0.15) is 12.3 Å². The second kappa shape index (κ2) is 6.88. The normalized spacial score (nSPS) is 10.6. The molecule has 0 bridgehead atoms. The van der Waals surface area contributed by atoms with Gasteiger partial charge in [0.2, 0.25) is 0 Å². The van der Waals surface area contributed by atoms with E-state index in [9.17, 15) is 9.59 Å². The lowest BCUT2D eigenvalue weighted by Crippen LogP contribution is -2.19. The van der Waals surface area contributed by atoms with Crippen LogP contribution in [0.2, 0.25) is 0 Å². The Hall–Kier alpha value is -2.60. The van der Waals surface area contributed by atoms with E-state index in [4.69, 9.17) is 9.47 Å². The third kappa shape index (κ3) is 3.05. The lowest BCUT2D eigenvalue weighted by atomic mass is 10.2. The fourth-order valence-corrected chi connectivity index (χ4v) is 2.90. The quantitative estimate of drug-likeness (QED) is 0.625. The van der Waals surface area contributed by atoms with Gasteiger partial charge < -0.3 is 9.47 Å². The van der Waals surface area contributed by atoms with Crippen molar-refractivity contribution in [2.45, 2.75) is 6.61 Å².